The first-order chi connectivity index (χ1) is 8.20. The Hall–Kier alpha value is -0.570. The van der Waals surface area contributed by atoms with E-state index in [4.69, 9.17) is 28.9 Å². The van der Waals surface area contributed by atoms with E-state index in [2.05, 4.69) is 20.8 Å². The van der Waals surface area contributed by atoms with Crippen LogP contribution in [0.3, 0.4) is 0 Å². The van der Waals surface area contributed by atoms with Gasteiger partial charge < -0.3 is 5.73 Å². The van der Waals surface area contributed by atoms with Gasteiger partial charge in [0.15, 0.2) is 5.78 Å². The van der Waals surface area contributed by atoms with Gasteiger partial charge in [-0.05, 0) is 24.0 Å². The number of hydrogen-bond acceptors (Lipinski definition) is 2. The maximum Gasteiger partial charge on any atom is 0.165 e. The summed E-state index contributed by atoms with van der Waals surface area (Å²) in [7, 11) is 0. The topological polar surface area (TPSA) is 43.1 Å². The summed E-state index contributed by atoms with van der Waals surface area (Å²) in [5.41, 5.74) is 6.55. The molecule has 1 aromatic carbocycles. The Morgan fingerprint density at radius 1 is 1.33 bits per heavy atom. The molecule has 100 valence electrons. The molecule has 0 heterocycles. The Morgan fingerprint density at radius 3 is 2.50 bits per heavy atom. The lowest BCUT2D eigenvalue weighted by Gasteiger charge is -2.22. The van der Waals surface area contributed by atoms with Gasteiger partial charge in [-0.3, -0.25) is 4.79 Å². The number of benzene rings is 1. The van der Waals surface area contributed by atoms with Crippen molar-refractivity contribution in [3.63, 3.8) is 0 Å². The zero-order chi connectivity index (χ0) is 13.9. The smallest absolute Gasteiger partial charge is 0.165 e. The molecule has 0 aliphatic carbocycles. The van der Waals surface area contributed by atoms with E-state index in [-0.39, 0.29) is 23.7 Å². The largest absolute Gasteiger partial charge is 0.327 e. The third kappa shape index (κ3) is 4.60. The average Bonchev–Trinajstić information content (AvgIpc) is 2.18. The Morgan fingerprint density at radius 2 is 1.94 bits per heavy atom. The number of halogens is 2. The van der Waals surface area contributed by atoms with Crippen molar-refractivity contribution in [3.8, 4) is 0 Å². The van der Waals surface area contributed by atoms with Crippen LogP contribution in [0.1, 0.15) is 44.0 Å². The van der Waals surface area contributed by atoms with Crippen LogP contribution in [0.4, 0.5) is 0 Å². The lowest BCUT2D eigenvalue weighted by atomic mass is 9.86. The number of hydrogen-bond donors (Lipinski definition) is 1. The van der Waals surface area contributed by atoms with Crippen molar-refractivity contribution in [2.45, 2.75) is 39.7 Å². The van der Waals surface area contributed by atoms with E-state index in [1.54, 1.807) is 18.2 Å². The van der Waals surface area contributed by atoms with Crippen LogP contribution >= 0.6 is 23.2 Å². The molecule has 1 unspecified atom stereocenters. The van der Waals surface area contributed by atoms with Crippen LogP contribution in [0, 0.1) is 5.41 Å². The number of rotatable bonds is 4. The molecule has 0 saturated carbocycles. The fraction of sp³-hybridized carbons (Fsp3) is 0.500. The molecule has 1 aromatic rings. The first kappa shape index (κ1) is 15.5. The summed E-state index contributed by atoms with van der Waals surface area (Å²) in [6, 6.07) is 4.90. The molecular formula is C14H19Cl2NO. The monoisotopic (exact) mass is 287 g/mol. The number of nitrogens with two attached hydrogens (primary N) is 1. The summed E-state index contributed by atoms with van der Waals surface area (Å²) >= 11 is 11.9. The lowest BCUT2D eigenvalue weighted by Crippen LogP contribution is -2.29. The molecule has 0 saturated heterocycles. The van der Waals surface area contributed by atoms with E-state index in [1.807, 2.05) is 0 Å². The maximum atomic E-state index is 12.1. The molecule has 0 aliphatic heterocycles. The Labute approximate surface area is 118 Å². The van der Waals surface area contributed by atoms with Crippen molar-refractivity contribution in [2.24, 2.45) is 11.1 Å². The third-order valence-electron chi connectivity index (χ3n) is 2.57. The van der Waals surface area contributed by atoms with Crippen molar-refractivity contribution in [1.82, 2.24) is 0 Å². The molecule has 0 fully saturated rings. The molecule has 2 nitrogen and oxygen atoms in total. The molecule has 1 rings (SSSR count). The fourth-order valence-corrected chi connectivity index (χ4v) is 2.33. The first-order valence-electron chi connectivity index (χ1n) is 5.93. The maximum absolute atomic E-state index is 12.1. The van der Waals surface area contributed by atoms with Crippen LogP contribution in [0.5, 0.6) is 0 Å². The van der Waals surface area contributed by atoms with E-state index in [1.165, 1.54) is 0 Å². The van der Waals surface area contributed by atoms with E-state index >= 15 is 0 Å². The molecule has 18 heavy (non-hydrogen) atoms. The Balaban J connectivity index is 2.74. The zero-order valence-corrected chi connectivity index (χ0v) is 12.5. The number of ketones is 1. The third-order valence-corrected chi connectivity index (χ3v) is 3.39. The molecule has 0 aliphatic rings. The Kier molecular flexibility index (Phi) is 5.20. The minimum absolute atomic E-state index is 0.0562. The highest BCUT2D eigenvalue weighted by molar-refractivity contribution is 6.43. The molecule has 1 atom stereocenters. The zero-order valence-electron chi connectivity index (χ0n) is 11.0. The second kappa shape index (κ2) is 6.05. The minimum Gasteiger partial charge on any atom is -0.327 e. The van der Waals surface area contributed by atoms with Crippen molar-refractivity contribution in [2.75, 3.05) is 0 Å². The first-order valence-corrected chi connectivity index (χ1v) is 6.69. The van der Waals surface area contributed by atoms with E-state index < -0.39 is 0 Å². The van der Waals surface area contributed by atoms with Crippen LogP contribution in [0.15, 0.2) is 18.2 Å². The molecule has 2 N–H and O–H groups in total. The number of carbonyl (C=O) groups is 1. The highest BCUT2D eigenvalue weighted by Crippen LogP contribution is 2.27. The summed E-state index contributed by atoms with van der Waals surface area (Å²) in [5.74, 6) is -0.0562. The standard InChI is InChI=1S/C14H19Cl2NO/c1-14(2,3)8-9(17)7-12(18)10-5-4-6-11(15)13(10)16/h4-6,9H,7-8,17H2,1-3H3. The van der Waals surface area contributed by atoms with Crippen LogP contribution in [-0.4, -0.2) is 11.8 Å². The van der Waals surface area contributed by atoms with Crippen molar-refractivity contribution < 1.29 is 4.79 Å². The van der Waals surface area contributed by atoms with Crippen LogP contribution in [0.2, 0.25) is 10.0 Å². The molecule has 0 aromatic heterocycles. The van der Waals surface area contributed by atoms with Crippen LogP contribution < -0.4 is 5.73 Å². The molecule has 4 heteroatoms. The second-order valence-electron chi connectivity index (χ2n) is 5.75. The minimum atomic E-state index is -0.160. The van der Waals surface area contributed by atoms with E-state index in [0.717, 1.165) is 6.42 Å². The van der Waals surface area contributed by atoms with Crippen LogP contribution in [-0.2, 0) is 0 Å². The van der Waals surface area contributed by atoms with Gasteiger partial charge in [0.05, 0.1) is 10.0 Å². The molecule has 0 radical (unpaired) electrons. The Bertz CT molecular complexity index is 438. The van der Waals surface area contributed by atoms with Gasteiger partial charge in [0.2, 0.25) is 0 Å². The highest BCUT2D eigenvalue weighted by Gasteiger charge is 2.20. The summed E-state index contributed by atoms with van der Waals surface area (Å²) in [6.45, 7) is 6.30. The van der Waals surface area contributed by atoms with E-state index in [9.17, 15) is 4.79 Å². The van der Waals surface area contributed by atoms with Crippen LogP contribution in [0.25, 0.3) is 0 Å². The molecule has 0 bridgehead atoms. The van der Waals surface area contributed by atoms with E-state index in [0.29, 0.717) is 15.6 Å². The summed E-state index contributed by atoms with van der Waals surface area (Å²) < 4.78 is 0. The normalized spacial score (nSPS) is 13.4. The van der Waals surface area contributed by atoms with Gasteiger partial charge in [0.25, 0.3) is 0 Å². The molecule has 0 amide bonds. The second-order valence-corrected chi connectivity index (χ2v) is 6.54. The fourth-order valence-electron chi connectivity index (χ4n) is 1.93. The predicted octanol–water partition coefficient (Wildman–Crippen LogP) is 4.33. The quantitative estimate of drug-likeness (QED) is 0.838. The molecule has 0 spiro atoms. The summed E-state index contributed by atoms with van der Waals surface area (Å²) in [4.78, 5) is 12.1. The van der Waals surface area contributed by atoms with Gasteiger partial charge in [-0.2, -0.15) is 0 Å². The predicted molar refractivity (Wildman–Crippen MR) is 77.5 cm³/mol. The lowest BCUT2D eigenvalue weighted by molar-refractivity contribution is 0.0968. The van der Waals surface area contributed by atoms with Crippen molar-refractivity contribution >= 4 is 29.0 Å². The van der Waals surface area contributed by atoms with Gasteiger partial charge >= 0.3 is 0 Å². The van der Waals surface area contributed by atoms with Crippen molar-refractivity contribution in [3.05, 3.63) is 33.8 Å². The summed E-state index contributed by atoms with van der Waals surface area (Å²) in [6.07, 6.45) is 1.08. The van der Waals surface area contributed by atoms with Gasteiger partial charge in [-0.25, -0.2) is 0 Å². The average molecular weight is 288 g/mol. The van der Waals surface area contributed by atoms with Gasteiger partial charge in [-0.1, -0.05) is 50.0 Å². The van der Waals surface area contributed by atoms with Gasteiger partial charge in [0.1, 0.15) is 0 Å². The highest BCUT2D eigenvalue weighted by atomic mass is 35.5. The number of carbonyl (C=O) groups excluding carboxylic acids is 1. The SMILES string of the molecule is CC(C)(C)CC(N)CC(=O)c1cccc(Cl)c1Cl. The van der Waals surface area contributed by atoms with Gasteiger partial charge in [0, 0.05) is 18.0 Å². The number of Topliss-reactive ketones (excluding diaryl/α,β-unsaturated/α-hetero) is 1. The summed E-state index contributed by atoms with van der Waals surface area (Å²) in [5, 5.41) is 0.707. The van der Waals surface area contributed by atoms with Gasteiger partial charge in [-0.15, -0.1) is 0 Å². The van der Waals surface area contributed by atoms with Crippen molar-refractivity contribution in [1.29, 1.82) is 0 Å². The molecular weight excluding hydrogens is 269 g/mol.